The number of amides is 1. The van der Waals surface area contributed by atoms with Crippen LogP contribution in [0.1, 0.15) is 58.1 Å². The van der Waals surface area contributed by atoms with E-state index in [1.165, 1.54) is 24.3 Å². The summed E-state index contributed by atoms with van der Waals surface area (Å²) in [6.45, 7) is 11.4. The van der Waals surface area contributed by atoms with E-state index in [0.29, 0.717) is 26.2 Å². The van der Waals surface area contributed by atoms with Gasteiger partial charge >= 0.3 is 0 Å². The molecule has 0 saturated carbocycles. The van der Waals surface area contributed by atoms with Crippen molar-refractivity contribution < 1.29 is 23.0 Å². The molecule has 2 aliphatic heterocycles. The molecule has 0 bridgehead atoms. The fourth-order valence-electron chi connectivity index (χ4n) is 6.20. The molecule has 1 amide bonds. The normalized spacial score (nSPS) is 24.8. The van der Waals surface area contributed by atoms with Crippen molar-refractivity contribution in [2.45, 2.75) is 82.7 Å². The lowest BCUT2D eigenvalue weighted by Gasteiger charge is -2.37. The summed E-state index contributed by atoms with van der Waals surface area (Å²) in [7, 11) is 0. The van der Waals surface area contributed by atoms with Crippen LogP contribution >= 0.6 is 23.2 Å². The van der Waals surface area contributed by atoms with Crippen molar-refractivity contribution in [3.8, 4) is 6.07 Å². The molecule has 3 aromatic rings. The third-order valence-electron chi connectivity index (χ3n) is 8.23. The summed E-state index contributed by atoms with van der Waals surface area (Å²) in [4.78, 5) is 14.1. The van der Waals surface area contributed by atoms with E-state index in [1.54, 1.807) is 23.0 Å². The van der Waals surface area contributed by atoms with Crippen LogP contribution in [-0.4, -0.2) is 52.7 Å². The van der Waals surface area contributed by atoms with Crippen LogP contribution in [0.15, 0.2) is 48.7 Å². The van der Waals surface area contributed by atoms with Gasteiger partial charge in [0.15, 0.2) is 5.82 Å². The molecule has 0 aliphatic carbocycles. The molecule has 2 saturated heterocycles. The highest BCUT2D eigenvalue weighted by atomic mass is 35.5. The molecule has 240 valence electrons. The molecule has 3 heterocycles. The van der Waals surface area contributed by atoms with Gasteiger partial charge in [-0.2, -0.15) is 10.4 Å². The van der Waals surface area contributed by atoms with Gasteiger partial charge in [0, 0.05) is 34.8 Å². The number of ether oxygens (including phenoxy) is 2. The summed E-state index contributed by atoms with van der Waals surface area (Å²) < 4.78 is 44.5. The fourth-order valence-corrected chi connectivity index (χ4v) is 6.54. The molecule has 8 nitrogen and oxygen atoms in total. The monoisotopic (exact) mass is 659 g/mol. The second-order valence-electron chi connectivity index (χ2n) is 13.6. The molecule has 5 rings (SSSR count). The van der Waals surface area contributed by atoms with E-state index in [4.69, 9.17) is 32.7 Å². The van der Waals surface area contributed by atoms with Crippen molar-refractivity contribution >= 4 is 34.9 Å². The number of anilines is 1. The number of aromatic nitrogens is 2. The average Bonchev–Trinajstić information content (AvgIpc) is 3.61. The van der Waals surface area contributed by atoms with E-state index < -0.39 is 46.6 Å². The molecule has 45 heavy (non-hydrogen) atoms. The van der Waals surface area contributed by atoms with Crippen LogP contribution in [0, 0.1) is 28.4 Å². The highest BCUT2D eigenvalue weighted by Gasteiger charge is 2.61. The molecular formula is C33H37Cl2F2N5O3. The van der Waals surface area contributed by atoms with Crippen LogP contribution in [-0.2, 0) is 26.2 Å². The van der Waals surface area contributed by atoms with Crippen LogP contribution in [0.4, 0.5) is 14.6 Å². The largest absolute Gasteiger partial charge is 0.371 e. The van der Waals surface area contributed by atoms with Gasteiger partial charge in [0.1, 0.15) is 23.2 Å². The smallest absolute Gasteiger partial charge is 0.243 e. The maximum absolute atomic E-state index is 15.9. The zero-order valence-electron chi connectivity index (χ0n) is 25.8. The van der Waals surface area contributed by atoms with Crippen molar-refractivity contribution in [3.63, 3.8) is 0 Å². The number of rotatable bonds is 10. The molecule has 0 unspecified atom stereocenters. The van der Waals surface area contributed by atoms with Crippen LogP contribution in [0.25, 0.3) is 0 Å². The van der Waals surface area contributed by atoms with Crippen LogP contribution in [0.3, 0.4) is 0 Å². The van der Waals surface area contributed by atoms with Crippen molar-refractivity contribution in [2.75, 3.05) is 18.5 Å². The van der Waals surface area contributed by atoms with Gasteiger partial charge in [-0.1, -0.05) is 62.2 Å². The SMILES string of the molecule is CC(C)(C)C[C@@H]1N[C@@H](C(=O)Nc2ccn(CC(C)(C)OC[C@@H]3CO3)n2)[C@H](c2cccc(Cl)c2F)[C@@]1(C#N)c1ccc(Cl)cc1F. The molecule has 2 aliphatic rings. The fraction of sp³-hybridized carbons (Fsp3) is 0.485. The highest BCUT2D eigenvalue weighted by Crippen LogP contribution is 2.52. The van der Waals surface area contributed by atoms with E-state index in [2.05, 4.69) is 21.8 Å². The zero-order chi connectivity index (χ0) is 32.7. The summed E-state index contributed by atoms with van der Waals surface area (Å²) in [5.74, 6) is -2.99. The van der Waals surface area contributed by atoms with Crippen LogP contribution in [0.2, 0.25) is 10.0 Å². The molecule has 0 radical (unpaired) electrons. The predicted octanol–water partition coefficient (Wildman–Crippen LogP) is 6.62. The lowest BCUT2D eigenvalue weighted by Crippen LogP contribution is -2.45. The number of nitriles is 1. The Balaban J connectivity index is 1.54. The van der Waals surface area contributed by atoms with Crippen LogP contribution in [0.5, 0.6) is 0 Å². The third-order valence-corrected chi connectivity index (χ3v) is 8.76. The highest BCUT2D eigenvalue weighted by molar-refractivity contribution is 6.31. The molecule has 5 atom stereocenters. The summed E-state index contributed by atoms with van der Waals surface area (Å²) in [5, 5.41) is 21.6. The van der Waals surface area contributed by atoms with E-state index >= 15 is 8.78 Å². The number of hydrogen-bond donors (Lipinski definition) is 2. The topological polar surface area (TPSA) is 104 Å². The van der Waals surface area contributed by atoms with E-state index in [0.717, 1.165) is 6.07 Å². The van der Waals surface area contributed by atoms with Gasteiger partial charge in [0.05, 0.1) is 42.5 Å². The number of halogens is 4. The van der Waals surface area contributed by atoms with Crippen molar-refractivity contribution in [3.05, 3.63) is 81.5 Å². The first-order valence-electron chi connectivity index (χ1n) is 14.8. The standard InChI is InChI=1S/C33H37Cl2F2N5O3/c1-31(2,3)14-25-33(17-38,22-10-9-19(34)13-24(22)36)27(21-7-6-8-23(35)28(21)37)29(39-25)30(43)40-26-11-12-42(41-26)18-32(4,5)45-16-20-15-44-20/h6-13,20,25,27,29,39H,14-16,18H2,1-5H3,(H,40,41,43)/t20-,25-,27-,29+,33-/m0/s1. The first-order chi connectivity index (χ1) is 21.1. The second kappa shape index (κ2) is 12.6. The molecule has 12 heteroatoms. The Kier molecular flexibility index (Phi) is 9.33. The lowest BCUT2D eigenvalue weighted by atomic mass is 9.62. The van der Waals surface area contributed by atoms with Gasteiger partial charge in [0.2, 0.25) is 5.91 Å². The van der Waals surface area contributed by atoms with Gasteiger partial charge in [-0.25, -0.2) is 8.78 Å². The van der Waals surface area contributed by atoms with Crippen LogP contribution < -0.4 is 10.6 Å². The van der Waals surface area contributed by atoms with E-state index in [-0.39, 0.29) is 38.5 Å². The number of nitrogens with one attached hydrogen (secondary N) is 2. The minimum absolute atomic E-state index is 0.0129. The van der Waals surface area contributed by atoms with Gasteiger partial charge in [-0.05, 0) is 49.4 Å². The first kappa shape index (κ1) is 33.3. The molecule has 2 fully saturated rings. The summed E-state index contributed by atoms with van der Waals surface area (Å²) >= 11 is 12.3. The molecule has 0 spiro atoms. The summed E-state index contributed by atoms with van der Waals surface area (Å²) in [6, 6.07) is 10.5. The van der Waals surface area contributed by atoms with E-state index in [1.807, 2.05) is 34.6 Å². The Morgan fingerprint density at radius 1 is 1.22 bits per heavy atom. The maximum atomic E-state index is 15.9. The summed E-state index contributed by atoms with van der Waals surface area (Å²) in [6.07, 6.45) is 2.20. The third kappa shape index (κ3) is 7.18. The van der Waals surface area contributed by atoms with Gasteiger partial charge in [-0.3, -0.25) is 9.48 Å². The van der Waals surface area contributed by atoms with Crippen molar-refractivity contribution in [1.82, 2.24) is 15.1 Å². The van der Waals surface area contributed by atoms with Gasteiger partial charge < -0.3 is 20.1 Å². The zero-order valence-corrected chi connectivity index (χ0v) is 27.3. The second-order valence-corrected chi connectivity index (χ2v) is 14.4. The Labute approximate surface area is 272 Å². The van der Waals surface area contributed by atoms with Gasteiger partial charge in [0.25, 0.3) is 0 Å². The number of carbonyl (C=O) groups is 1. The molecule has 2 aromatic carbocycles. The maximum Gasteiger partial charge on any atom is 0.243 e. The van der Waals surface area contributed by atoms with Crippen molar-refractivity contribution in [1.29, 1.82) is 5.26 Å². The lowest BCUT2D eigenvalue weighted by molar-refractivity contribution is -0.118. The Morgan fingerprint density at radius 3 is 2.60 bits per heavy atom. The number of nitrogens with zero attached hydrogens (tertiary/aromatic N) is 3. The predicted molar refractivity (Wildman–Crippen MR) is 168 cm³/mol. The van der Waals surface area contributed by atoms with E-state index in [9.17, 15) is 10.1 Å². The minimum Gasteiger partial charge on any atom is -0.371 e. The Bertz CT molecular complexity index is 1610. The summed E-state index contributed by atoms with van der Waals surface area (Å²) in [5.41, 5.74) is -2.59. The Hall–Kier alpha value is -3.07. The quantitative estimate of drug-likeness (QED) is 0.237. The molecule has 1 aromatic heterocycles. The van der Waals surface area contributed by atoms with Gasteiger partial charge in [-0.15, -0.1) is 0 Å². The minimum atomic E-state index is -1.72. The molecular weight excluding hydrogens is 623 g/mol. The number of hydrogen-bond acceptors (Lipinski definition) is 6. The first-order valence-corrected chi connectivity index (χ1v) is 15.6. The number of epoxide rings is 1. The number of carbonyl (C=O) groups excluding carboxylic acids is 1. The Morgan fingerprint density at radius 2 is 1.96 bits per heavy atom. The number of benzene rings is 2. The average molecular weight is 661 g/mol. The van der Waals surface area contributed by atoms with Crippen molar-refractivity contribution in [2.24, 2.45) is 5.41 Å². The molecule has 2 N–H and O–H groups in total.